The van der Waals surface area contributed by atoms with E-state index >= 15 is 0 Å². The Morgan fingerprint density at radius 3 is 2.83 bits per heavy atom. The van der Waals surface area contributed by atoms with Gasteiger partial charge in [0.25, 0.3) is 11.4 Å². The lowest BCUT2D eigenvalue weighted by Gasteiger charge is -1.90. The number of nitrogens with zero attached hydrogens (tertiary/aromatic N) is 5. The molecule has 0 radical (unpaired) electrons. The first-order valence-electron chi connectivity index (χ1n) is 4.99. The van der Waals surface area contributed by atoms with Crippen LogP contribution in [0, 0.1) is 0 Å². The summed E-state index contributed by atoms with van der Waals surface area (Å²) in [6.07, 6.45) is 4.60. The summed E-state index contributed by atoms with van der Waals surface area (Å²) in [5.74, 6) is 0.512. The maximum atomic E-state index is 10.9. The van der Waals surface area contributed by atoms with Gasteiger partial charge in [-0.1, -0.05) is 5.16 Å². The van der Waals surface area contributed by atoms with Crippen LogP contribution in [-0.4, -0.2) is 30.3 Å². The van der Waals surface area contributed by atoms with Crippen molar-refractivity contribution in [3.8, 4) is 23.1 Å². The summed E-state index contributed by atoms with van der Waals surface area (Å²) in [4.78, 5) is 22.9. The summed E-state index contributed by atoms with van der Waals surface area (Å²) in [5.41, 5.74) is 0.585. The van der Waals surface area contributed by atoms with Gasteiger partial charge in [-0.2, -0.15) is 10.1 Å². The lowest BCUT2D eigenvalue weighted by molar-refractivity contribution is 0.430. The molecule has 0 aliphatic heterocycles. The largest absolute Gasteiger partial charge is 0.332 e. The molecule has 0 saturated carbocycles. The molecule has 0 unspecified atom stereocenters. The molecule has 88 valence electrons. The molecule has 0 fully saturated rings. The third-order valence-corrected chi connectivity index (χ3v) is 2.12. The predicted octanol–water partition coefficient (Wildman–Crippen LogP) is 0.277. The molecule has 3 aromatic heterocycles. The Kier molecular flexibility index (Phi) is 2.38. The molecule has 0 saturated heterocycles. The zero-order chi connectivity index (χ0) is 12.4. The minimum Gasteiger partial charge on any atom is -0.332 e. The lowest BCUT2D eigenvalue weighted by atomic mass is 10.4. The molecule has 0 spiro atoms. The van der Waals surface area contributed by atoms with Gasteiger partial charge in [0.05, 0.1) is 6.20 Å². The topological polar surface area (TPSA) is 110 Å². The first-order valence-corrected chi connectivity index (χ1v) is 4.99. The van der Waals surface area contributed by atoms with Crippen molar-refractivity contribution >= 4 is 0 Å². The zero-order valence-corrected chi connectivity index (χ0v) is 8.94. The van der Waals surface area contributed by atoms with Crippen LogP contribution in [0.5, 0.6) is 0 Å². The molecule has 8 heteroatoms. The number of hydrogen-bond donors (Lipinski definition) is 1. The van der Waals surface area contributed by atoms with E-state index in [9.17, 15) is 4.79 Å². The van der Waals surface area contributed by atoms with Crippen LogP contribution in [0.1, 0.15) is 0 Å². The molecule has 18 heavy (non-hydrogen) atoms. The van der Waals surface area contributed by atoms with E-state index < -0.39 is 0 Å². The first-order chi connectivity index (χ1) is 8.83. The minimum absolute atomic E-state index is 0.201. The second-order valence-corrected chi connectivity index (χ2v) is 3.32. The summed E-state index contributed by atoms with van der Waals surface area (Å²) in [7, 11) is 0. The van der Waals surface area contributed by atoms with Crippen molar-refractivity contribution in [2.75, 3.05) is 0 Å². The fourth-order valence-electron chi connectivity index (χ4n) is 1.31. The molecular formula is C10H6N6O2. The number of rotatable bonds is 2. The first kappa shape index (κ1) is 10.3. The van der Waals surface area contributed by atoms with Crippen LogP contribution in [0.2, 0.25) is 0 Å². The van der Waals surface area contributed by atoms with E-state index in [4.69, 9.17) is 4.52 Å². The van der Waals surface area contributed by atoms with E-state index in [-0.39, 0.29) is 11.4 Å². The molecule has 3 aromatic rings. The monoisotopic (exact) mass is 242 g/mol. The van der Waals surface area contributed by atoms with Gasteiger partial charge in [0, 0.05) is 18.5 Å². The van der Waals surface area contributed by atoms with Crippen molar-refractivity contribution < 1.29 is 4.52 Å². The number of H-pyrrole nitrogens is 1. The highest BCUT2D eigenvalue weighted by atomic mass is 16.5. The van der Waals surface area contributed by atoms with Gasteiger partial charge in [-0.15, -0.1) is 0 Å². The summed E-state index contributed by atoms with van der Waals surface area (Å²) in [6, 6.07) is 2.82. The lowest BCUT2D eigenvalue weighted by Crippen LogP contribution is -2.05. The molecule has 3 rings (SSSR count). The number of aromatic amines is 1. The third kappa shape index (κ3) is 1.86. The van der Waals surface area contributed by atoms with Gasteiger partial charge in [0.1, 0.15) is 11.4 Å². The smallest absolute Gasteiger partial charge is 0.278 e. The Bertz CT molecular complexity index is 700. The van der Waals surface area contributed by atoms with Gasteiger partial charge >= 0.3 is 0 Å². The normalized spacial score (nSPS) is 10.4. The second-order valence-electron chi connectivity index (χ2n) is 3.32. The Morgan fingerprint density at radius 1 is 1.17 bits per heavy atom. The van der Waals surface area contributed by atoms with Crippen LogP contribution in [-0.2, 0) is 0 Å². The van der Waals surface area contributed by atoms with Crippen LogP contribution in [0.15, 0.2) is 40.0 Å². The Labute approximate surface area is 99.7 Å². The van der Waals surface area contributed by atoms with Crippen molar-refractivity contribution in [3.05, 3.63) is 41.1 Å². The molecule has 0 aromatic carbocycles. The Hall–Kier alpha value is -2.90. The van der Waals surface area contributed by atoms with Gasteiger partial charge in [0.2, 0.25) is 5.82 Å². The van der Waals surface area contributed by atoms with E-state index in [2.05, 4.69) is 30.3 Å². The molecular weight excluding hydrogens is 236 g/mol. The fraction of sp³-hybridized carbons (Fsp3) is 0. The van der Waals surface area contributed by atoms with E-state index in [0.717, 1.165) is 0 Å². The molecule has 0 aliphatic carbocycles. The average molecular weight is 242 g/mol. The highest BCUT2D eigenvalue weighted by molar-refractivity contribution is 5.52. The SMILES string of the molecule is O=c1ccc(-c2nc(-c3cnccn3)no2)n[nH]1. The molecule has 0 aliphatic rings. The van der Waals surface area contributed by atoms with Crippen molar-refractivity contribution in [1.82, 2.24) is 30.3 Å². The highest BCUT2D eigenvalue weighted by Crippen LogP contribution is 2.17. The summed E-state index contributed by atoms with van der Waals surface area (Å²) >= 11 is 0. The average Bonchev–Trinajstić information content (AvgIpc) is 2.90. The Balaban J connectivity index is 1.99. The van der Waals surface area contributed by atoms with Crippen LogP contribution in [0.4, 0.5) is 0 Å². The van der Waals surface area contributed by atoms with Crippen molar-refractivity contribution in [1.29, 1.82) is 0 Å². The molecule has 3 heterocycles. The maximum absolute atomic E-state index is 10.9. The molecule has 8 nitrogen and oxygen atoms in total. The fourth-order valence-corrected chi connectivity index (χ4v) is 1.31. The van der Waals surface area contributed by atoms with Gasteiger partial charge in [-0.25, -0.2) is 10.1 Å². The zero-order valence-electron chi connectivity index (χ0n) is 8.94. The van der Waals surface area contributed by atoms with E-state index in [1.54, 1.807) is 6.20 Å². The Morgan fingerprint density at radius 2 is 2.11 bits per heavy atom. The van der Waals surface area contributed by atoms with Gasteiger partial charge in [0.15, 0.2) is 0 Å². The van der Waals surface area contributed by atoms with E-state index in [1.165, 1.54) is 24.5 Å². The van der Waals surface area contributed by atoms with Crippen LogP contribution in [0.3, 0.4) is 0 Å². The van der Waals surface area contributed by atoms with Gasteiger partial charge in [-0.05, 0) is 6.07 Å². The van der Waals surface area contributed by atoms with Crippen molar-refractivity contribution in [3.63, 3.8) is 0 Å². The molecule has 0 bridgehead atoms. The van der Waals surface area contributed by atoms with Crippen LogP contribution >= 0.6 is 0 Å². The predicted molar refractivity (Wildman–Crippen MR) is 59.2 cm³/mol. The minimum atomic E-state index is -0.299. The van der Waals surface area contributed by atoms with Crippen molar-refractivity contribution in [2.24, 2.45) is 0 Å². The molecule has 1 N–H and O–H groups in total. The number of aromatic nitrogens is 6. The highest BCUT2D eigenvalue weighted by Gasteiger charge is 2.12. The van der Waals surface area contributed by atoms with Gasteiger partial charge < -0.3 is 4.52 Å². The quantitative estimate of drug-likeness (QED) is 0.686. The molecule has 0 atom stereocenters. The maximum Gasteiger partial charge on any atom is 0.278 e. The van der Waals surface area contributed by atoms with E-state index in [1.807, 2.05) is 0 Å². The van der Waals surface area contributed by atoms with Gasteiger partial charge in [-0.3, -0.25) is 9.78 Å². The third-order valence-electron chi connectivity index (χ3n) is 2.12. The summed E-state index contributed by atoms with van der Waals surface area (Å²) in [6.45, 7) is 0. The number of nitrogens with one attached hydrogen (secondary N) is 1. The number of hydrogen-bond acceptors (Lipinski definition) is 7. The van der Waals surface area contributed by atoms with Crippen LogP contribution in [0.25, 0.3) is 23.1 Å². The molecule has 0 amide bonds. The summed E-state index contributed by atoms with van der Waals surface area (Å²) in [5, 5.41) is 9.84. The van der Waals surface area contributed by atoms with Crippen LogP contribution < -0.4 is 5.56 Å². The summed E-state index contributed by atoms with van der Waals surface area (Å²) < 4.78 is 5.03. The standard InChI is InChI=1S/C10H6N6O2/c17-8-2-1-6(14-15-8)10-13-9(16-18-10)7-5-11-3-4-12-7/h1-5H,(H,15,17). The van der Waals surface area contributed by atoms with E-state index in [0.29, 0.717) is 17.2 Å². The van der Waals surface area contributed by atoms with Crippen molar-refractivity contribution in [2.45, 2.75) is 0 Å². The second kappa shape index (κ2) is 4.17.